The number of rotatable bonds is 5. The third-order valence-corrected chi connectivity index (χ3v) is 5.48. The molecule has 1 aromatic heterocycles. The van der Waals surface area contributed by atoms with Crippen LogP contribution in [0.5, 0.6) is 0 Å². The summed E-state index contributed by atoms with van der Waals surface area (Å²) < 4.78 is 10.1. The zero-order valence-corrected chi connectivity index (χ0v) is 17.1. The lowest BCUT2D eigenvalue weighted by Gasteiger charge is -2.30. The van der Waals surface area contributed by atoms with Crippen molar-refractivity contribution in [3.05, 3.63) is 41.1 Å². The average Bonchev–Trinajstić information content (AvgIpc) is 2.76. The van der Waals surface area contributed by atoms with E-state index in [-0.39, 0.29) is 24.4 Å². The molecule has 0 atom stereocenters. The summed E-state index contributed by atoms with van der Waals surface area (Å²) in [6, 6.07) is 7.43. The van der Waals surface area contributed by atoms with Crippen LogP contribution >= 0.6 is 0 Å². The molecule has 0 spiro atoms. The van der Waals surface area contributed by atoms with E-state index in [4.69, 9.17) is 9.47 Å². The number of likely N-dealkylation sites (tertiary alicyclic amines) is 1. The average molecular weight is 398 g/mol. The Morgan fingerprint density at radius 3 is 2.52 bits per heavy atom. The van der Waals surface area contributed by atoms with Crippen LogP contribution < -0.4 is 0 Å². The van der Waals surface area contributed by atoms with Gasteiger partial charge in [0.1, 0.15) is 0 Å². The van der Waals surface area contributed by atoms with Crippen molar-refractivity contribution in [2.24, 2.45) is 5.92 Å². The lowest BCUT2D eigenvalue weighted by Crippen LogP contribution is -2.42. The lowest BCUT2D eigenvalue weighted by atomic mass is 9.97. The van der Waals surface area contributed by atoms with E-state index in [1.54, 1.807) is 4.90 Å². The van der Waals surface area contributed by atoms with Gasteiger partial charge in [-0.2, -0.15) is 0 Å². The molecule has 1 aliphatic heterocycles. The number of ether oxygens (including phenoxy) is 2. The summed E-state index contributed by atoms with van der Waals surface area (Å²) in [6.45, 7) is 4.43. The zero-order valence-electron chi connectivity index (χ0n) is 17.1. The molecule has 29 heavy (non-hydrogen) atoms. The third kappa shape index (κ3) is 4.39. The largest absolute Gasteiger partial charge is 0.469 e. The monoisotopic (exact) mass is 398 g/mol. The van der Waals surface area contributed by atoms with Gasteiger partial charge in [0.2, 0.25) is 0 Å². The Balaban J connectivity index is 1.68. The van der Waals surface area contributed by atoms with Gasteiger partial charge in [-0.25, -0.2) is 4.79 Å². The van der Waals surface area contributed by atoms with E-state index < -0.39 is 5.97 Å². The van der Waals surface area contributed by atoms with E-state index in [1.807, 2.05) is 38.1 Å². The summed E-state index contributed by atoms with van der Waals surface area (Å²) >= 11 is 0. The van der Waals surface area contributed by atoms with Crippen LogP contribution in [0.2, 0.25) is 0 Å². The SMILES string of the molecule is CCc1nc2ccccc2c(C(=O)OCC(=O)N2CCC(C(=O)OC)CC2)c1C. The summed E-state index contributed by atoms with van der Waals surface area (Å²) in [7, 11) is 1.37. The number of carbonyl (C=O) groups is 3. The van der Waals surface area contributed by atoms with Gasteiger partial charge in [-0.3, -0.25) is 14.6 Å². The minimum atomic E-state index is -0.520. The van der Waals surface area contributed by atoms with Gasteiger partial charge in [0.05, 0.1) is 24.1 Å². The highest BCUT2D eigenvalue weighted by atomic mass is 16.5. The van der Waals surface area contributed by atoms with Crippen molar-refractivity contribution in [2.75, 3.05) is 26.8 Å². The number of aromatic nitrogens is 1. The topological polar surface area (TPSA) is 85.8 Å². The van der Waals surface area contributed by atoms with Crippen molar-refractivity contribution in [2.45, 2.75) is 33.1 Å². The van der Waals surface area contributed by atoms with Gasteiger partial charge in [-0.05, 0) is 37.8 Å². The molecule has 2 heterocycles. The number of esters is 2. The molecule has 1 aromatic carbocycles. The molecule has 1 saturated heterocycles. The molecule has 0 radical (unpaired) electrons. The highest BCUT2D eigenvalue weighted by Crippen LogP contribution is 2.24. The summed E-state index contributed by atoms with van der Waals surface area (Å²) in [6.07, 6.45) is 1.81. The first-order chi connectivity index (χ1) is 14.0. The zero-order chi connectivity index (χ0) is 21.0. The number of nitrogens with zero attached hydrogens (tertiary/aromatic N) is 2. The highest BCUT2D eigenvalue weighted by Gasteiger charge is 2.28. The smallest absolute Gasteiger partial charge is 0.339 e. The molecule has 1 amide bonds. The van der Waals surface area contributed by atoms with Gasteiger partial charge in [0, 0.05) is 24.2 Å². The number of benzene rings is 1. The van der Waals surface area contributed by atoms with Gasteiger partial charge in [-0.1, -0.05) is 25.1 Å². The fraction of sp³-hybridized carbons (Fsp3) is 0.455. The van der Waals surface area contributed by atoms with Crippen LogP contribution in [0, 0.1) is 12.8 Å². The number of hydrogen-bond donors (Lipinski definition) is 0. The summed E-state index contributed by atoms with van der Waals surface area (Å²) in [5.74, 6) is -1.19. The predicted octanol–water partition coefficient (Wildman–Crippen LogP) is 2.67. The highest BCUT2D eigenvalue weighted by molar-refractivity contribution is 6.05. The van der Waals surface area contributed by atoms with Crippen molar-refractivity contribution >= 4 is 28.7 Å². The molecule has 2 aromatic rings. The number of hydrogen-bond acceptors (Lipinski definition) is 6. The second kappa shape index (κ2) is 9.03. The molecule has 7 nitrogen and oxygen atoms in total. The van der Waals surface area contributed by atoms with E-state index in [0.717, 1.165) is 22.2 Å². The van der Waals surface area contributed by atoms with Crippen molar-refractivity contribution in [1.82, 2.24) is 9.88 Å². The summed E-state index contributed by atoms with van der Waals surface area (Å²) in [5, 5.41) is 0.721. The maximum absolute atomic E-state index is 12.8. The molecule has 1 fully saturated rings. The summed E-state index contributed by atoms with van der Waals surface area (Å²) in [4.78, 5) is 43.2. The Labute approximate surface area is 170 Å². The van der Waals surface area contributed by atoms with E-state index >= 15 is 0 Å². The molecule has 1 aliphatic rings. The second-order valence-corrected chi connectivity index (χ2v) is 7.18. The van der Waals surface area contributed by atoms with Gasteiger partial charge in [-0.15, -0.1) is 0 Å². The van der Waals surface area contributed by atoms with E-state index in [0.29, 0.717) is 37.9 Å². The van der Waals surface area contributed by atoms with Crippen LogP contribution in [0.1, 0.15) is 41.4 Å². The third-order valence-electron chi connectivity index (χ3n) is 5.48. The number of pyridine rings is 1. The maximum atomic E-state index is 12.8. The number of fused-ring (bicyclic) bond motifs is 1. The normalized spacial score (nSPS) is 14.7. The van der Waals surface area contributed by atoms with Crippen LogP contribution in [0.25, 0.3) is 10.9 Å². The number of para-hydroxylation sites is 1. The number of aryl methyl sites for hydroxylation is 1. The Bertz CT molecular complexity index is 932. The molecular formula is C22H26N2O5. The molecule has 0 bridgehead atoms. The van der Waals surface area contributed by atoms with Gasteiger partial charge in [0.25, 0.3) is 5.91 Å². The first-order valence-electron chi connectivity index (χ1n) is 9.87. The van der Waals surface area contributed by atoms with Crippen LogP contribution in [-0.4, -0.2) is 54.5 Å². The van der Waals surface area contributed by atoms with Crippen LogP contribution in [0.4, 0.5) is 0 Å². The van der Waals surface area contributed by atoms with Gasteiger partial charge < -0.3 is 14.4 Å². The predicted molar refractivity (Wildman–Crippen MR) is 107 cm³/mol. The van der Waals surface area contributed by atoms with Crippen molar-refractivity contribution in [3.63, 3.8) is 0 Å². The van der Waals surface area contributed by atoms with Crippen LogP contribution in [-0.2, 0) is 25.5 Å². The van der Waals surface area contributed by atoms with Crippen LogP contribution in [0.3, 0.4) is 0 Å². The Kier molecular flexibility index (Phi) is 6.46. The first kappa shape index (κ1) is 20.8. The molecule has 0 saturated carbocycles. The summed E-state index contributed by atoms with van der Waals surface area (Å²) in [5.41, 5.74) is 2.82. The maximum Gasteiger partial charge on any atom is 0.339 e. The number of methoxy groups -OCH3 is 1. The van der Waals surface area contributed by atoms with Gasteiger partial charge in [0.15, 0.2) is 6.61 Å². The van der Waals surface area contributed by atoms with Crippen molar-refractivity contribution < 1.29 is 23.9 Å². The molecule has 3 rings (SSSR count). The molecular weight excluding hydrogens is 372 g/mol. The van der Waals surface area contributed by atoms with E-state index in [2.05, 4.69) is 4.98 Å². The standard InChI is InChI=1S/C22H26N2O5/c1-4-17-14(2)20(16-7-5-6-8-18(16)23-17)22(27)29-13-19(25)24-11-9-15(10-12-24)21(26)28-3/h5-8,15H,4,9-13H2,1-3H3. The van der Waals surface area contributed by atoms with Crippen LogP contribution in [0.15, 0.2) is 24.3 Å². The number of carbonyl (C=O) groups excluding carboxylic acids is 3. The fourth-order valence-electron chi connectivity index (χ4n) is 3.79. The van der Waals surface area contributed by atoms with E-state index in [1.165, 1.54) is 7.11 Å². The Morgan fingerprint density at radius 2 is 1.86 bits per heavy atom. The minimum Gasteiger partial charge on any atom is -0.469 e. The first-order valence-corrected chi connectivity index (χ1v) is 9.87. The minimum absolute atomic E-state index is 0.176. The Morgan fingerprint density at radius 1 is 1.17 bits per heavy atom. The van der Waals surface area contributed by atoms with Crippen molar-refractivity contribution in [1.29, 1.82) is 0 Å². The Hall–Kier alpha value is -2.96. The lowest BCUT2D eigenvalue weighted by molar-refractivity contribution is -0.149. The number of amides is 1. The molecule has 0 unspecified atom stereocenters. The molecule has 0 aliphatic carbocycles. The molecule has 154 valence electrons. The molecule has 7 heteroatoms. The van der Waals surface area contributed by atoms with Gasteiger partial charge >= 0.3 is 11.9 Å². The second-order valence-electron chi connectivity index (χ2n) is 7.18. The number of piperidine rings is 1. The van der Waals surface area contributed by atoms with Crippen molar-refractivity contribution in [3.8, 4) is 0 Å². The molecule has 0 N–H and O–H groups in total. The quantitative estimate of drug-likeness (QED) is 0.720. The van der Waals surface area contributed by atoms with E-state index in [9.17, 15) is 14.4 Å². The fourth-order valence-corrected chi connectivity index (χ4v) is 3.79.